The molecule has 0 aromatic heterocycles. The molecule has 1 spiro atoms. The molecule has 3 nitrogen and oxygen atoms in total. The summed E-state index contributed by atoms with van der Waals surface area (Å²) in [4.78, 5) is 10.9. The van der Waals surface area contributed by atoms with Crippen LogP contribution >= 0.6 is 0 Å². The molecule has 1 saturated carbocycles. The summed E-state index contributed by atoms with van der Waals surface area (Å²) in [6.07, 6.45) is 4.69. The first-order valence-corrected chi connectivity index (χ1v) is 4.63. The van der Waals surface area contributed by atoms with Crippen molar-refractivity contribution in [2.24, 2.45) is 0 Å². The van der Waals surface area contributed by atoms with Gasteiger partial charge in [0.2, 0.25) is 0 Å². The molecule has 0 radical (unpaired) electrons. The summed E-state index contributed by atoms with van der Waals surface area (Å²) in [5, 5.41) is 9.63. The maximum absolute atomic E-state index is 10.9. The molecular formula is C9H14O3. The van der Waals surface area contributed by atoms with Crippen LogP contribution in [0.15, 0.2) is 0 Å². The van der Waals surface area contributed by atoms with Gasteiger partial charge in [0.1, 0.15) is 11.7 Å². The molecule has 12 heavy (non-hydrogen) atoms. The molecule has 2 aliphatic rings. The van der Waals surface area contributed by atoms with E-state index >= 15 is 0 Å². The Hall–Kier alpha value is -0.570. The minimum atomic E-state index is -0.551. The van der Waals surface area contributed by atoms with Crippen LogP contribution in [-0.4, -0.2) is 22.8 Å². The predicted molar refractivity (Wildman–Crippen MR) is 42.5 cm³/mol. The second-order valence-corrected chi connectivity index (χ2v) is 3.82. The van der Waals surface area contributed by atoms with Crippen molar-refractivity contribution in [2.45, 2.75) is 50.2 Å². The van der Waals surface area contributed by atoms with Gasteiger partial charge in [0.15, 0.2) is 0 Å². The number of hydrogen-bond acceptors (Lipinski definition) is 3. The molecule has 1 heterocycles. The van der Waals surface area contributed by atoms with Gasteiger partial charge in [0, 0.05) is 0 Å². The monoisotopic (exact) mass is 170 g/mol. The van der Waals surface area contributed by atoms with Gasteiger partial charge in [-0.05, 0) is 25.7 Å². The zero-order valence-corrected chi connectivity index (χ0v) is 7.08. The van der Waals surface area contributed by atoms with Crippen LogP contribution in [0.4, 0.5) is 0 Å². The predicted octanol–water partition coefficient (Wildman–Crippen LogP) is 0.997. The number of hydrogen-bond donors (Lipinski definition) is 1. The van der Waals surface area contributed by atoms with Crippen molar-refractivity contribution in [3.8, 4) is 0 Å². The lowest BCUT2D eigenvalue weighted by Crippen LogP contribution is -2.41. The van der Waals surface area contributed by atoms with Crippen molar-refractivity contribution >= 4 is 5.97 Å². The Bertz CT molecular complexity index is 194. The number of aliphatic hydroxyl groups excluding tert-OH is 1. The molecule has 1 N–H and O–H groups in total. The molecule has 3 heteroatoms. The Labute approximate surface area is 71.7 Å². The lowest BCUT2D eigenvalue weighted by atomic mass is 9.81. The lowest BCUT2D eigenvalue weighted by Gasteiger charge is -2.34. The second kappa shape index (κ2) is 2.73. The summed E-state index contributed by atoms with van der Waals surface area (Å²) in [5.74, 6) is -0.232. The highest BCUT2D eigenvalue weighted by Crippen LogP contribution is 2.39. The van der Waals surface area contributed by atoms with Crippen LogP contribution in [0, 0.1) is 0 Å². The molecule has 68 valence electrons. The largest absolute Gasteiger partial charge is 0.456 e. The molecule has 1 saturated heterocycles. The fourth-order valence-electron chi connectivity index (χ4n) is 2.27. The fraction of sp³-hybridized carbons (Fsp3) is 0.889. The average molecular weight is 170 g/mol. The molecule has 0 aromatic carbocycles. The van der Waals surface area contributed by atoms with Crippen LogP contribution < -0.4 is 0 Å². The summed E-state index contributed by atoms with van der Waals surface area (Å²) in [6, 6.07) is 0. The van der Waals surface area contributed by atoms with Crippen LogP contribution in [0.2, 0.25) is 0 Å². The summed E-state index contributed by atoms with van der Waals surface area (Å²) in [7, 11) is 0. The summed E-state index contributed by atoms with van der Waals surface area (Å²) < 4.78 is 5.21. The Kier molecular flexibility index (Phi) is 1.83. The smallest absolute Gasteiger partial charge is 0.309 e. The van der Waals surface area contributed by atoms with Crippen molar-refractivity contribution in [3.05, 3.63) is 0 Å². The zero-order chi connectivity index (χ0) is 8.60. The van der Waals surface area contributed by atoms with Gasteiger partial charge in [0.25, 0.3) is 0 Å². The van der Waals surface area contributed by atoms with E-state index in [1.807, 2.05) is 0 Å². The van der Waals surface area contributed by atoms with Gasteiger partial charge in [0.05, 0.1) is 6.42 Å². The van der Waals surface area contributed by atoms with E-state index in [2.05, 4.69) is 0 Å². The van der Waals surface area contributed by atoms with Gasteiger partial charge in [-0.25, -0.2) is 0 Å². The van der Waals surface area contributed by atoms with Crippen LogP contribution in [0.5, 0.6) is 0 Å². The lowest BCUT2D eigenvalue weighted by molar-refractivity contribution is -0.154. The second-order valence-electron chi connectivity index (χ2n) is 3.82. The summed E-state index contributed by atoms with van der Waals surface area (Å²) in [6.45, 7) is 0. The number of aliphatic hydroxyl groups is 1. The van der Waals surface area contributed by atoms with Gasteiger partial charge in [-0.2, -0.15) is 0 Å². The SMILES string of the molecule is O=C1CC(O)C2(CCCCC2)O1. The minimum Gasteiger partial charge on any atom is -0.456 e. The first-order chi connectivity index (χ1) is 5.73. The van der Waals surface area contributed by atoms with E-state index in [1.165, 1.54) is 6.42 Å². The maximum atomic E-state index is 10.9. The number of carbonyl (C=O) groups excluding carboxylic acids is 1. The van der Waals surface area contributed by atoms with E-state index in [-0.39, 0.29) is 12.4 Å². The number of rotatable bonds is 0. The van der Waals surface area contributed by atoms with Crippen LogP contribution in [0.1, 0.15) is 38.5 Å². The highest BCUT2D eigenvalue weighted by atomic mass is 16.6. The van der Waals surface area contributed by atoms with Crippen LogP contribution in [0.3, 0.4) is 0 Å². The molecule has 1 aliphatic heterocycles. The highest BCUT2D eigenvalue weighted by molar-refractivity contribution is 5.73. The molecule has 1 unspecified atom stereocenters. The Morgan fingerprint density at radius 2 is 2.00 bits per heavy atom. The van der Waals surface area contributed by atoms with Gasteiger partial charge < -0.3 is 9.84 Å². The van der Waals surface area contributed by atoms with Gasteiger partial charge >= 0.3 is 5.97 Å². The van der Waals surface area contributed by atoms with Gasteiger partial charge in [-0.3, -0.25) is 4.79 Å². The molecule has 0 aromatic rings. The van der Waals surface area contributed by atoms with Gasteiger partial charge in [-0.15, -0.1) is 0 Å². The van der Waals surface area contributed by atoms with Crippen LogP contribution in [-0.2, 0) is 9.53 Å². The summed E-state index contributed by atoms with van der Waals surface area (Å²) >= 11 is 0. The Morgan fingerprint density at radius 3 is 2.50 bits per heavy atom. The minimum absolute atomic E-state index is 0.194. The fourth-order valence-corrected chi connectivity index (χ4v) is 2.27. The third-order valence-electron chi connectivity index (χ3n) is 2.98. The summed E-state index contributed by atoms with van der Waals surface area (Å²) in [5.41, 5.74) is -0.491. The van der Waals surface area contributed by atoms with Crippen molar-refractivity contribution in [2.75, 3.05) is 0 Å². The highest BCUT2D eigenvalue weighted by Gasteiger charge is 2.48. The number of esters is 1. The molecule has 0 amide bonds. The molecule has 1 aliphatic carbocycles. The Balaban J connectivity index is 2.13. The third kappa shape index (κ3) is 1.12. The van der Waals surface area contributed by atoms with Crippen molar-refractivity contribution in [1.82, 2.24) is 0 Å². The van der Waals surface area contributed by atoms with E-state index in [1.54, 1.807) is 0 Å². The third-order valence-corrected chi connectivity index (χ3v) is 2.98. The van der Waals surface area contributed by atoms with E-state index in [0.717, 1.165) is 25.7 Å². The molecule has 2 rings (SSSR count). The quantitative estimate of drug-likeness (QED) is 0.551. The van der Waals surface area contributed by atoms with E-state index in [4.69, 9.17) is 4.74 Å². The molecule has 0 bridgehead atoms. The first-order valence-electron chi connectivity index (χ1n) is 4.63. The van der Waals surface area contributed by atoms with Gasteiger partial charge in [-0.1, -0.05) is 6.42 Å². The van der Waals surface area contributed by atoms with Crippen LogP contribution in [0.25, 0.3) is 0 Å². The Morgan fingerprint density at radius 1 is 1.33 bits per heavy atom. The molecule has 2 fully saturated rings. The van der Waals surface area contributed by atoms with E-state index in [9.17, 15) is 9.90 Å². The number of ether oxygens (including phenoxy) is 1. The molecular weight excluding hydrogens is 156 g/mol. The first kappa shape index (κ1) is 8.05. The van der Waals surface area contributed by atoms with Crippen molar-refractivity contribution < 1.29 is 14.6 Å². The normalized spacial score (nSPS) is 33.8. The van der Waals surface area contributed by atoms with Crippen molar-refractivity contribution in [1.29, 1.82) is 0 Å². The van der Waals surface area contributed by atoms with E-state index < -0.39 is 11.7 Å². The molecule has 1 atom stereocenters. The van der Waals surface area contributed by atoms with E-state index in [0.29, 0.717) is 0 Å². The topological polar surface area (TPSA) is 46.5 Å². The standard InChI is InChI=1S/C9H14O3/c10-7-6-8(11)12-9(7)4-2-1-3-5-9/h7,10H,1-6H2. The number of carbonyl (C=O) groups is 1. The maximum Gasteiger partial charge on any atom is 0.309 e. The van der Waals surface area contributed by atoms with Crippen molar-refractivity contribution in [3.63, 3.8) is 0 Å². The zero-order valence-electron chi connectivity index (χ0n) is 7.08. The average Bonchev–Trinajstić information content (AvgIpc) is 2.29.